The molecule has 2 aromatic heterocycles. The number of nitrogens with one attached hydrogen (secondary N) is 1. The predicted molar refractivity (Wildman–Crippen MR) is 181 cm³/mol. The van der Waals surface area contributed by atoms with Crippen LogP contribution in [-0.2, 0) is 47.4 Å². The second kappa shape index (κ2) is 14.9. The van der Waals surface area contributed by atoms with Crippen molar-refractivity contribution < 1.29 is 13.2 Å². The molecule has 2 aliphatic heterocycles. The van der Waals surface area contributed by atoms with E-state index < -0.39 is 10.0 Å². The lowest BCUT2D eigenvalue weighted by Crippen LogP contribution is -2.37. The lowest BCUT2D eigenvalue weighted by Gasteiger charge is -2.27. The minimum absolute atomic E-state index is 0.299. The third-order valence-electron chi connectivity index (χ3n) is 8.39. The number of fused-ring (bicyclic) bond motifs is 1. The van der Waals surface area contributed by atoms with Crippen LogP contribution in [0, 0.1) is 11.8 Å². The maximum absolute atomic E-state index is 12.5. The number of nitrogens with zero attached hydrogens (tertiary/aromatic N) is 5. The van der Waals surface area contributed by atoms with E-state index in [1.165, 1.54) is 16.1 Å². The molecule has 240 valence electrons. The third kappa shape index (κ3) is 8.23. The molecular weight excluding hydrogens is 620 g/mol. The van der Waals surface area contributed by atoms with Gasteiger partial charge < -0.3 is 10.1 Å². The van der Waals surface area contributed by atoms with Crippen LogP contribution in [0.5, 0.6) is 0 Å². The van der Waals surface area contributed by atoms with Crippen LogP contribution in [0.2, 0.25) is 5.02 Å². The minimum Gasteiger partial charge on any atom is -0.379 e. The maximum Gasteiger partial charge on any atom is 0.211 e. The summed E-state index contributed by atoms with van der Waals surface area (Å²) in [5, 5.41) is 9.05. The number of aromatic nitrogens is 3. The van der Waals surface area contributed by atoms with Crippen LogP contribution in [0.3, 0.4) is 0 Å². The summed E-state index contributed by atoms with van der Waals surface area (Å²) in [4.78, 5) is 6.81. The number of ether oxygens (including phenoxy) is 1. The Labute approximate surface area is 276 Å². The first kappa shape index (κ1) is 32.4. The Hall–Kier alpha value is -3.56. The highest BCUT2D eigenvalue weighted by Gasteiger charge is 2.30. The van der Waals surface area contributed by atoms with E-state index in [2.05, 4.69) is 43.9 Å². The van der Waals surface area contributed by atoms with Crippen molar-refractivity contribution in [2.45, 2.75) is 39.0 Å². The highest BCUT2D eigenvalue weighted by Crippen LogP contribution is 2.33. The fraction of sp³-hybridized carbons (Fsp3) is 0.371. The molecule has 6 rings (SSSR count). The summed E-state index contributed by atoms with van der Waals surface area (Å²) < 4.78 is 34.1. The summed E-state index contributed by atoms with van der Waals surface area (Å²) in [5.74, 6) is 6.47. The van der Waals surface area contributed by atoms with E-state index in [4.69, 9.17) is 21.4 Å². The third-order valence-corrected chi connectivity index (χ3v) is 9.97. The number of hydrogen-bond donors (Lipinski definition) is 1. The summed E-state index contributed by atoms with van der Waals surface area (Å²) in [6.45, 7) is 7.40. The Morgan fingerprint density at radius 1 is 0.957 bits per heavy atom. The molecule has 0 radical (unpaired) electrons. The molecule has 0 saturated carbocycles. The standard InChI is InChI=1S/C35H39ClN6O3S/c1-46(43,44)41-15-12-34-32(26-41)35(39-42(34)14-5-13-40-16-18-45-19-17-40)31-10-11-33(36)30(21-31)9-8-28-20-29(25-38-23-28)24-37-22-27-6-3-2-4-7-27/h2-4,6-7,10-11,20-21,23,25,37H,5,12-19,22,24,26H2,1H3. The van der Waals surface area contributed by atoms with Gasteiger partial charge in [0, 0.05) is 99.1 Å². The van der Waals surface area contributed by atoms with Crippen molar-refractivity contribution in [1.29, 1.82) is 0 Å². The summed E-state index contributed by atoms with van der Waals surface area (Å²) >= 11 is 6.63. The monoisotopic (exact) mass is 658 g/mol. The Kier molecular flexibility index (Phi) is 10.5. The van der Waals surface area contributed by atoms with E-state index >= 15 is 0 Å². The Balaban J connectivity index is 1.22. The molecule has 11 heteroatoms. The zero-order valence-corrected chi connectivity index (χ0v) is 27.7. The maximum atomic E-state index is 12.5. The number of sulfonamides is 1. The van der Waals surface area contributed by atoms with Gasteiger partial charge >= 0.3 is 0 Å². The lowest BCUT2D eigenvalue weighted by atomic mass is 10.0. The van der Waals surface area contributed by atoms with Crippen LogP contribution in [0.15, 0.2) is 67.0 Å². The van der Waals surface area contributed by atoms with Crippen molar-refractivity contribution >= 4 is 21.6 Å². The van der Waals surface area contributed by atoms with Crippen LogP contribution in [0.4, 0.5) is 0 Å². The van der Waals surface area contributed by atoms with Gasteiger partial charge in [0.15, 0.2) is 0 Å². The molecule has 0 spiro atoms. The van der Waals surface area contributed by atoms with Gasteiger partial charge in [0.25, 0.3) is 0 Å². The second-order valence-electron chi connectivity index (χ2n) is 11.8. The average molecular weight is 659 g/mol. The molecule has 4 aromatic rings. The normalized spacial score (nSPS) is 15.7. The van der Waals surface area contributed by atoms with Gasteiger partial charge in [-0.15, -0.1) is 0 Å². The first-order chi connectivity index (χ1) is 22.3. The molecule has 0 amide bonds. The number of hydrogen-bond acceptors (Lipinski definition) is 7. The van der Waals surface area contributed by atoms with E-state index in [0.29, 0.717) is 36.6 Å². The molecule has 0 bridgehead atoms. The smallest absolute Gasteiger partial charge is 0.211 e. The molecule has 1 N–H and O–H groups in total. The number of rotatable bonds is 10. The number of pyridine rings is 1. The molecule has 0 atom stereocenters. The fourth-order valence-corrected chi connectivity index (χ4v) is 6.89. The van der Waals surface area contributed by atoms with Crippen LogP contribution in [0.1, 0.15) is 39.9 Å². The van der Waals surface area contributed by atoms with Crippen molar-refractivity contribution in [2.24, 2.45) is 0 Å². The minimum atomic E-state index is -3.34. The number of benzene rings is 2. The van der Waals surface area contributed by atoms with Crippen molar-refractivity contribution in [1.82, 2.24) is 29.3 Å². The number of aryl methyl sites for hydroxylation is 1. The molecule has 4 heterocycles. The van der Waals surface area contributed by atoms with Gasteiger partial charge in [-0.1, -0.05) is 59.8 Å². The molecule has 1 fully saturated rings. The van der Waals surface area contributed by atoms with Gasteiger partial charge in [0.05, 0.1) is 30.2 Å². The van der Waals surface area contributed by atoms with Crippen molar-refractivity contribution in [2.75, 3.05) is 45.6 Å². The predicted octanol–water partition coefficient (Wildman–Crippen LogP) is 4.33. The summed E-state index contributed by atoms with van der Waals surface area (Å²) in [6.07, 6.45) is 6.44. The highest BCUT2D eigenvalue weighted by atomic mass is 35.5. The lowest BCUT2D eigenvalue weighted by molar-refractivity contribution is 0.0368. The van der Waals surface area contributed by atoms with Gasteiger partial charge in [-0.3, -0.25) is 14.6 Å². The van der Waals surface area contributed by atoms with Gasteiger partial charge in [0.1, 0.15) is 0 Å². The van der Waals surface area contributed by atoms with Crippen molar-refractivity contribution in [3.8, 4) is 23.1 Å². The second-order valence-corrected chi connectivity index (χ2v) is 14.2. The molecule has 0 aliphatic carbocycles. The molecule has 46 heavy (non-hydrogen) atoms. The summed E-state index contributed by atoms with van der Waals surface area (Å²) in [6, 6.07) is 18.0. The van der Waals surface area contributed by atoms with Gasteiger partial charge in [0.2, 0.25) is 10.0 Å². The van der Waals surface area contributed by atoms with E-state index in [9.17, 15) is 8.42 Å². The summed E-state index contributed by atoms with van der Waals surface area (Å²) in [5.41, 5.74) is 7.44. The molecule has 2 aromatic carbocycles. The van der Waals surface area contributed by atoms with E-state index in [1.807, 2.05) is 48.7 Å². The molecule has 1 saturated heterocycles. The number of morpholine rings is 1. The first-order valence-corrected chi connectivity index (χ1v) is 17.9. The molecule has 0 unspecified atom stereocenters. The van der Waals surface area contributed by atoms with Crippen LogP contribution < -0.4 is 5.32 Å². The van der Waals surface area contributed by atoms with Gasteiger partial charge in [-0.2, -0.15) is 9.40 Å². The largest absolute Gasteiger partial charge is 0.379 e. The highest BCUT2D eigenvalue weighted by molar-refractivity contribution is 7.88. The van der Waals surface area contributed by atoms with Crippen molar-refractivity contribution in [3.05, 3.63) is 106 Å². The quantitative estimate of drug-likeness (QED) is 0.254. The van der Waals surface area contributed by atoms with Gasteiger partial charge in [-0.25, -0.2) is 8.42 Å². The van der Waals surface area contributed by atoms with E-state index in [-0.39, 0.29) is 0 Å². The molecule has 9 nitrogen and oxygen atoms in total. The van der Waals surface area contributed by atoms with Gasteiger partial charge in [-0.05, 0) is 35.7 Å². The van der Waals surface area contributed by atoms with Crippen molar-refractivity contribution in [3.63, 3.8) is 0 Å². The Morgan fingerprint density at radius 2 is 1.76 bits per heavy atom. The zero-order chi connectivity index (χ0) is 31.9. The Bertz CT molecular complexity index is 1830. The summed E-state index contributed by atoms with van der Waals surface area (Å²) in [7, 11) is -3.34. The van der Waals surface area contributed by atoms with Crippen LogP contribution >= 0.6 is 11.6 Å². The van der Waals surface area contributed by atoms with Crippen LogP contribution in [-0.4, -0.2) is 78.0 Å². The SMILES string of the molecule is CS(=O)(=O)N1CCc2c(c(-c3ccc(Cl)c(C#Cc4cncc(CNCc5ccccc5)c4)c3)nn2CCCN2CCOCC2)C1. The van der Waals surface area contributed by atoms with E-state index in [1.54, 1.807) is 6.20 Å². The fourth-order valence-electron chi connectivity index (χ4n) is 5.94. The molecule has 2 aliphatic rings. The number of halogens is 1. The molecular formula is C35H39ClN6O3S. The average Bonchev–Trinajstić information content (AvgIpc) is 3.43. The first-order valence-electron chi connectivity index (χ1n) is 15.7. The zero-order valence-electron chi connectivity index (χ0n) is 26.1. The van der Waals surface area contributed by atoms with E-state index in [0.717, 1.165) is 86.0 Å². The Morgan fingerprint density at radius 3 is 2.57 bits per heavy atom. The van der Waals surface area contributed by atoms with Crippen LogP contribution in [0.25, 0.3) is 11.3 Å². The topological polar surface area (TPSA) is 92.6 Å².